The van der Waals surface area contributed by atoms with Gasteiger partial charge in [-0.1, -0.05) is 6.92 Å². The molecular weight excluding hydrogens is 320 g/mol. The molecule has 2 fully saturated rings. The lowest BCUT2D eigenvalue weighted by molar-refractivity contribution is -0.145. The molecule has 2 heterocycles. The van der Waals surface area contributed by atoms with Gasteiger partial charge >= 0.3 is 5.97 Å². The number of nitrogens with one attached hydrogen (secondary N) is 1. The van der Waals surface area contributed by atoms with E-state index in [0.717, 1.165) is 45.3 Å². The fourth-order valence-corrected chi connectivity index (χ4v) is 3.82. The molecule has 0 aromatic rings. The lowest BCUT2D eigenvalue weighted by Crippen LogP contribution is -2.42. The Labute approximate surface area is 151 Å². The summed E-state index contributed by atoms with van der Waals surface area (Å²) in [6, 6.07) is 0.486. The van der Waals surface area contributed by atoms with Gasteiger partial charge in [-0.3, -0.25) is 14.7 Å². The van der Waals surface area contributed by atoms with E-state index in [4.69, 9.17) is 14.5 Å². The molecule has 1 N–H and O–H groups in total. The number of hydrogen-bond acceptors (Lipinski definition) is 5. The number of carbonyl (C=O) groups excluding carboxylic acids is 1. The fraction of sp³-hybridized carbons (Fsp3) is 0.889. The Hall–Kier alpha value is -1.34. The van der Waals surface area contributed by atoms with E-state index in [1.165, 1.54) is 20.0 Å². The van der Waals surface area contributed by atoms with Gasteiger partial charge in [-0.25, -0.2) is 0 Å². The molecule has 144 valence electrons. The molecule has 0 spiro atoms. The highest BCUT2D eigenvalue weighted by Gasteiger charge is 2.37. The Kier molecular flexibility index (Phi) is 7.96. The van der Waals surface area contributed by atoms with Gasteiger partial charge in [0.1, 0.15) is 0 Å². The second-order valence-electron chi connectivity index (χ2n) is 7.03. The maximum Gasteiger partial charge on any atom is 0.310 e. The van der Waals surface area contributed by atoms with Crippen molar-refractivity contribution in [3.8, 4) is 0 Å². The van der Waals surface area contributed by atoms with Gasteiger partial charge in [0, 0.05) is 39.3 Å². The number of rotatable bonds is 7. The average molecular weight is 354 g/mol. The first-order chi connectivity index (χ1) is 12.1. The van der Waals surface area contributed by atoms with Crippen molar-refractivity contribution in [1.82, 2.24) is 15.1 Å². The molecular formula is C18H34N4O3. The highest BCUT2D eigenvalue weighted by atomic mass is 16.5. The summed E-state index contributed by atoms with van der Waals surface area (Å²) in [5.41, 5.74) is 0. The molecule has 0 saturated carbocycles. The van der Waals surface area contributed by atoms with Gasteiger partial charge in [0.25, 0.3) is 0 Å². The smallest absolute Gasteiger partial charge is 0.310 e. The van der Waals surface area contributed by atoms with Crippen LogP contribution in [0.3, 0.4) is 0 Å². The number of likely N-dealkylation sites (tertiary alicyclic amines) is 2. The summed E-state index contributed by atoms with van der Waals surface area (Å²) < 4.78 is 10.2. The third-order valence-corrected chi connectivity index (χ3v) is 5.28. The second-order valence-corrected chi connectivity index (χ2v) is 7.03. The number of aliphatic imine (C=N–C) groups is 1. The quantitative estimate of drug-likeness (QED) is 0.414. The Balaban J connectivity index is 1.97. The molecule has 7 nitrogen and oxygen atoms in total. The Morgan fingerprint density at radius 2 is 2.12 bits per heavy atom. The normalized spacial score (nSPS) is 27.8. The average Bonchev–Trinajstić information content (AvgIpc) is 3.22. The number of guanidine groups is 1. The molecule has 2 rings (SSSR count). The second kappa shape index (κ2) is 9.97. The van der Waals surface area contributed by atoms with Gasteiger partial charge in [0.15, 0.2) is 5.96 Å². The van der Waals surface area contributed by atoms with E-state index in [0.29, 0.717) is 12.6 Å². The van der Waals surface area contributed by atoms with E-state index in [1.807, 2.05) is 0 Å². The van der Waals surface area contributed by atoms with Gasteiger partial charge in [-0.2, -0.15) is 0 Å². The van der Waals surface area contributed by atoms with Gasteiger partial charge in [-0.05, 0) is 32.2 Å². The lowest BCUT2D eigenvalue weighted by Gasteiger charge is -2.25. The van der Waals surface area contributed by atoms with Crippen LogP contribution in [0.1, 0.15) is 26.7 Å². The van der Waals surface area contributed by atoms with E-state index in [1.54, 1.807) is 7.11 Å². The summed E-state index contributed by atoms with van der Waals surface area (Å²) >= 11 is 0. The number of methoxy groups -OCH3 is 2. The first-order valence-corrected chi connectivity index (χ1v) is 9.44. The Morgan fingerprint density at radius 1 is 1.32 bits per heavy atom. The molecule has 0 aromatic heterocycles. The van der Waals surface area contributed by atoms with Crippen molar-refractivity contribution in [3.63, 3.8) is 0 Å². The minimum atomic E-state index is -0.118. The predicted molar refractivity (Wildman–Crippen MR) is 98.7 cm³/mol. The van der Waals surface area contributed by atoms with Crippen LogP contribution in [-0.2, 0) is 14.3 Å². The van der Waals surface area contributed by atoms with E-state index in [2.05, 4.69) is 29.0 Å². The van der Waals surface area contributed by atoms with E-state index < -0.39 is 0 Å². The maximum atomic E-state index is 11.9. The zero-order valence-electron chi connectivity index (χ0n) is 16.2. The molecule has 0 aliphatic carbocycles. The zero-order valence-corrected chi connectivity index (χ0v) is 16.2. The van der Waals surface area contributed by atoms with Gasteiger partial charge < -0.3 is 19.7 Å². The molecule has 2 saturated heterocycles. The number of hydrogen-bond donors (Lipinski definition) is 1. The van der Waals surface area contributed by atoms with Crippen molar-refractivity contribution >= 4 is 11.9 Å². The van der Waals surface area contributed by atoms with Crippen LogP contribution in [0.25, 0.3) is 0 Å². The summed E-state index contributed by atoms with van der Waals surface area (Å²) in [5, 5.41) is 3.39. The van der Waals surface area contributed by atoms with Crippen LogP contribution in [0.4, 0.5) is 0 Å². The number of carbonyl (C=O) groups is 1. The van der Waals surface area contributed by atoms with Crippen molar-refractivity contribution in [3.05, 3.63) is 0 Å². The summed E-state index contributed by atoms with van der Waals surface area (Å²) in [6.45, 7) is 10.2. The third kappa shape index (κ3) is 5.31. The zero-order chi connectivity index (χ0) is 18.2. The van der Waals surface area contributed by atoms with Crippen molar-refractivity contribution in [2.45, 2.75) is 32.7 Å². The molecule has 7 heteroatoms. The van der Waals surface area contributed by atoms with E-state index >= 15 is 0 Å². The monoisotopic (exact) mass is 354 g/mol. The molecule has 0 radical (unpaired) electrons. The minimum absolute atomic E-state index is 0.0708. The SMILES string of the molecule is CCNC(=NCC1CCCN1CCOC)N1CC(C)C(C(=O)OC)C1. The molecule has 25 heavy (non-hydrogen) atoms. The molecule has 0 aromatic carbocycles. The summed E-state index contributed by atoms with van der Waals surface area (Å²) in [4.78, 5) is 21.5. The number of ether oxygens (including phenoxy) is 2. The van der Waals surface area contributed by atoms with Gasteiger partial charge in [0.05, 0.1) is 26.2 Å². The maximum absolute atomic E-state index is 11.9. The number of nitrogens with zero attached hydrogens (tertiary/aromatic N) is 3. The number of esters is 1. The van der Waals surface area contributed by atoms with E-state index in [9.17, 15) is 4.79 Å². The molecule has 3 unspecified atom stereocenters. The van der Waals surface area contributed by atoms with Crippen LogP contribution in [-0.4, -0.2) is 87.9 Å². The van der Waals surface area contributed by atoms with Crippen LogP contribution in [0, 0.1) is 11.8 Å². The topological polar surface area (TPSA) is 66.4 Å². The Morgan fingerprint density at radius 3 is 2.80 bits per heavy atom. The van der Waals surface area contributed by atoms with Crippen molar-refractivity contribution < 1.29 is 14.3 Å². The standard InChI is InChI=1S/C18H34N4O3/c1-5-19-18(22-12-14(2)16(13-22)17(23)25-4)20-11-15-7-6-8-21(15)9-10-24-3/h14-16H,5-13H2,1-4H3,(H,19,20). The summed E-state index contributed by atoms with van der Waals surface area (Å²) in [7, 11) is 3.21. The molecule has 2 aliphatic rings. The predicted octanol–water partition coefficient (Wildman–Crippen LogP) is 0.804. The fourth-order valence-electron chi connectivity index (χ4n) is 3.82. The van der Waals surface area contributed by atoms with E-state index in [-0.39, 0.29) is 17.8 Å². The molecule has 3 atom stereocenters. The van der Waals surface area contributed by atoms with Gasteiger partial charge in [-0.15, -0.1) is 0 Å². The van der Waals surface area contributed by atoms with Crippen LogP contribution in [0.15, 0.2) is 4.99 Å². The largest absolute Gasteiger partial charge is 0.469 e. The highest BCUT2D eigenvalue weighted by Crippen LogP contribution is 2.24. The molecule has 2 aliphatic heterocycles. The lowest BCUT2D eigenvalue weighted by atomic mass is 9.99. The molecule has 0 bridgehead atoms. The van der Waals surface area contributed by atoms with Crippen LogP contribution in [0.2, 0.25) is 0 Å². The summed E-state index contributed by atoms with van der Waals surface area (Å²) in [6.07, 6.45) is 2.42. The van der Waals surface area contributed by atoms with Crippen LogP contribution in [0.5, 0.6) is 0 Å². The summed E-state index contributed by atoms with van der Waals surface area (Å²) in [5.74, 6) is 1.01. The minimum Gasteiger partial charge on any atom is -0.469 e. The first-order valence-electron chi connectivity index (χ1n) is 9.44. The van der Waals surface area contributed by atoms with Crippen LogP contribution < -0.4 is 5.32 Å². The van der Waals surface area contributed by atoms with Gasteiger partial charge in [0.2, 0.25) is 0 Å². The van der Waals surface area contributed by atoms with Crippen molar-refractivity contribution in [2.24, 2.45) is 16.8 Å². The van der Waals surface area contributed by atoms with Crippen LogP contribution >= 0.6 is 0 Å². The first kappa shape index (κ1) is 20.0. The molecule has 0 amide bonds. The Bertz CT molecular complexity index is 458. The third-order valence-electron chi connectivity index (χ3n) is 5.28. The van der Waals surface area contributed by atoms with Crippen molar-refractivity contribution in [2.75, 3.05) is 60.1 Å². The van der Waals surface area contributed by atoms with Crippen molar-refractivity contribution in [1.29, 1.82) is 0 Å². The highest BCUT2D eigenvalue weighted by molar-refractivity contribution is 5.82.